The average molecular weight is 186 g/mol. The van der Waals surface area contributed by atoms with E-state index in [2.05, 4.69) is 0 Å². The lowest BCUT2D eigenvalue weighted by atomic mass is 9.78. The first-order valence-corrected chi connectivity index (χ1v) is 4.72. The summed E-state index contributed by atoms with van der Waals surface area (Å²) in [4.78, 5) is 11.0. The molecule has 0 saturated carbocycles. The normalized spacial score (nSPS) is 40.2. The molecule has 76 valence electrons. The van der Waals surface area contributed by atoms with Gasteiger partial charge in [0.2, 0.25) is 0 Å². The van der Waals surface area contributed by atoms with Gasteiger partial charge in [-0.25, -0.2) is 0 Å². The van der Waals surface area contributed by atoms with Crippen LogP contribution in [0, 0.1) is 5.41 Å². The first-order valence-electron chi connectivity index (χ1n) is 4.72. The molecule has 13 heavy (non-hydrogen) atoms. The van der Waals surface area contributed by atoms with Gasteiger partial charge < -0.3 is 14.3 Å². The molecule has 0 amide bonds. The van der Waals surface area contributed by atoms with Crippen LogP contribution in [0.5, 0.6) is 0 Å². The summed E-state index contributed by atoms with van der Waals surface area (Å²) < 4.78 is 10.7. The first kappa shape index (κ1) is 10.7. The van der Waals surface area contributed by atoms with Gasteiger partial charge in [0.1, 0.15) is 6.29 Å². The highest BCUT2D eigenvalue weighted by atomic mass is 16.5. The maximum absolute atomic E-state index is 11.0. The maximum Gasteiger partial charge on any atom is 0.128 e. The van der Waals surface area contributed by atoms with Crippen LogP contribution in [0.2, 0.25) is 0 Å². The largest absolute Gasteiger partial charge is 0.384 e. The zero-order valence-corrected chi connectivity index (χ0v) is 8.58. The Kier molecular flexibility index (Phi) is 3.45. The van der Waals surface area contributed by atoms with Crippen LogP contribution in [0.15, 0.2) is 0 Å². The van der Waals surface area contributed by atoms with E-state index in [0.717, 1.165) is 19.1 Å². The molecule has 0 spiro atoms. The molecule has 0 aromatic carbocycles. The Morgan fingerprint density at radius 1 is 1.46 bits per heavy atom. The molecule has 1 heterocycles. The van der Waals surface area contributed by atoms with Gasteiger partial charge in [0.25, 0.3) is 0 Å². The van der Waals surface area contributed by atoms with Crippen LogP contribution < -0.4 is 0 Å². The number of carbonyl (C=O) groups excluding carboxylic acids is 1. The minimum Gasteiger partial charge on any atom is -0.384 e. The molecular formula is C10H18O3. The van der Waals surface area contributed by atoms with E-state index in [9.17, 15) is 4.79 Å². The van der Waals surface area contributed by atoms with Crippen molar-refractivity contribution in [1.29, 1.82) is 0 Å². The summed E-state index contributed by atoms with van der Waals surface area (Å²) >= 11 is 0. The molecule has 3 heteroatoms. The van der Waals surface area contributed by atoms with Gasteiger partial charge in [-0.3, -0.25) is 0 Å². The first-order chi connectivity index (χ1) is 6.12. The maximum atomic E-state index is 11.0. The van der Waals surface area contributed by atoms with E-state index < -0.39 is 0 Å². The van der Waals surface area contributed by atoms with Crippen LogP contribution >= 0.6 is 0 Å². The van der Waals surface area contributed by atoms with Crippen LogP contribution in [-0.4, -0.2) is 32.2 Å². The van der Waals surface area contributed by atoms with E-state index in [1.54, 1.807) is 7.11 Å². The molecule has 0 bridgehead atoms. The second-order valence-electron chi connectivity index (χ2n) is 4.08. The second kappa shape index (κ2) is 4.20. The minimum atomic E-state index is -0.314. The highest BCUT2D eigenvalue weighted by Gasteiger charge is 2.38. The van der Waals surface area contributed by atoms with Crippen molar-refractivity contribution in [3.63, 3.8) is 0 Å². The van der Waals surface area contributed by atoms with Gasteiger partial charge in [0.15, 0.2) is 0 Å². The highest BCUT2D eigenvalue weighted by molar-refractivity contribution is 5.60. The van der Waals surface area contributed by atoms with Crippen molar-refractivity contribution >= 4 is 6.29 Å². The fourth-order valence-electron chi connectivity index (χ4n) is 2.26. The van der Waals surface area contributed by atoms with Crippen molar-refractivity contribution < 1.29 is 14.3 Å². The van der Waals surface area contributed by atoms with Gasteiger partial charge in [-0.2, -0.15) is 0 Å². The monoisotopic (exact) mass is 186 g/mol. The summed E-state index contributed by atoms with van der Waals surface area (Å²) in [7, 11) is 1.63. The van der Waals surface area contributed by atoms with Gasteiger partial charge in [-0.05, 0) is 26.7 Å². The fourth-order valence-corrected chi connectivity index (χ4v) is 2.26. The number of ether oxygens (including phenoxy) is 2. The van der Waals surface area contributed by atoms with Crippen LogP contribution in [0.1, 0.15) is 26.7 Å². The molecule has 2 unspecified atom stereocenters. The van der Waals surface area contributed by atoms with Crippen molar-refractivity contribution in [1.82, 2.24) is 0 Å². The second-order valence-corrected chi connectivity index (χ2v) is 4.08. The molecule has 0 aromatic rings. The lowest BCUT2D eigenvalue weighted by Crippen LogP contribution is -2.42. The summed E-state index contributed by atoms with van der Waals surface area (Å²) in [6.07, 6.45) is 2.89. The van der Waals surface area contributed by atoms with E-state index in [1.165, 1.54) is 0 Å². The lowest BCUT2D eigenvalue weighted by Gasteiger charge is -2.38. The highest BCUT2D eigenvalue weighted by Crippen LogP contribution is 2.34. The quantitative estimate of drug-likeness (QED) is 0.625. The summed E-state index contributed by atoms with van der Waals surface area (Å²) in [5, 5.41) is 0. The molecule has 1 rings (SSSR count). The smallest absolute Gasteiger partial charge is 0.128 e. The van der Waals surface area contributed by atoms with Crippen LogP contribution in [0.25, 0.3) is 0 Å². The number of aldehydes is 1. The molecular weight excluding hydrogens is 168 g/mol. The molecule has 1 saturated heterocycles. The summed E-state index contributed by atoms with van der Waals surface area (Å²) in [6.45, 7) is 4.52. The van der Waals surface area contributed by atoms with Gasteiger partial charge >= 0.3 is 0 Å². The van der Waals surface area contributed by atoms with Crippen molar-refractivity contribution in [3.8, 4) is 0 Å². The molecule has 3 nitrogen and oxygen atoms in total. The molecule has 1 fully saturated rings. The number of carbonyl (C=O) groups is 1. The standard InChI is InChI=1S/C10H18O3/c1-8-4-10(6-11,7-12-3)5-9(2)13-8/h6,8-9H,4-5,7H2,1-3H3. The molecule has 0 aromatic heterocycles. The zero-order chi connectivity index (χ0) is 9.90. The van der Waals surface area contributed by atoms with Crippen molar-refractivity contribution in [2.75, 3.05) is 13.7 Å². The molecule has 0 aliphatic carbocycles. The third-order valence-corrected chi connectivity index (χ3v) is 2.53. The molecule has 1 aliphatic heterocycles. The Labute approximate surface area is 79.4 Å². The van der Waals surface area contributed by atoms with Gasteiger partial charge in [0, 0.05) is 7.11 Å². The van der Waals surface area contributed by atoms with E-state index >= 15 is 0 Å². The zero-order valence-electron chi connectivity index (χ0n) is 8.58. The SMILES string of the molecule is COCC1(C=O)CC(C)OC(C)C1. The van der Waals surface area contributed by atoms with Gasteiger partial charge in [-0.15, -0.1) is 0 Å². The van der Waals surface area contributed by atoms with Crippen LogP contribution in [0.4, 0.5) is 0 Å². The third kappa shape index (κ3) is 2.51. The molecule has 0 radical (unpaired) electrons. The predicted octanol–water partition coefficient (Wildman–Crippen LogP) is 1.41. The molecule has 1 aliphatic rings. The van der Waals surface area contributed by atoms with E-state index in [1.807, 2.05) is 13.8 Å². The predicted molar refractivity (Wildman–Crippen MR) is 49.6 cm³/mol. The summed E-state index contributed by atoms with van der Waals surface area (Å²) in [6, 6.07) is 0. The van der Waals surface area contributed by atoms with E-state index in [-0.39, 0.29) is 17.6 Å². The van der Waals surface area contributed by atoms with Crippen molar-refractivity contribution in [3.05, 3.63) is 0 Å². The van der Waals surface area contributed by atoms with Crippen LogP contribution in [0.3, 0.4) is 0 Å². The average Bonchev–Trinajstić information content (AvgIpc) is 2.03. The summed E-state index contributed by atoms with van der Waals surface area (Å²) in [5.74, 6) is 0. The Morgan fingerprint density at radius 2 is 2.00 bits per heavy atom. The lowest BCUT2D eigenvalue weighted by molar-refractivity contribution is -0.139. The van der Waals surface area contributed by atoms with Crippen molar-refractivity contribution in [2.24, 2.45) is 5.41 Å². The van der Waals surface area contributed by atoms with Crippen LogP contribution in [-0.2, 0) is 14.3 Å². The fraction of sp³-hybridized carbons (Fsp3) is 0.900. The van der Waals surface area contributed by atoms with E-state index in [4.69, 9.17) is 9.47 Å². The molecule has 2 atom stereocenters. The summed E-state index contributed by atoms with van der Waals surface area (Å²) in [5.41, 5.74) is -0.314. The number of hydrogen-bond donors (Lipinski definition) is 0. The Hall–Kier alpha value is -0.410. The number of hydrogen-bond acceptors (Lipinski definition) is 3. The Balaban J connectivity index is 2.67. The number of rotatable bonds is 3. The van der Waals surface area contributed by atoms with Crippen molar-refractivity contribution in [2.45, 2.75) is 38.9 Å². The minimum absolute atomic E-state index is 0.157. The third-order valence-electron chi connectivity index (χ3n) is 2.53. The Morgan fingerprint density at radius 3 is 2.38 bits per heavy atom. The van der Waals surface area contributed by atoms with E-state index in [0.29, 0.717) is 6.61 Å². The molecule has 0 N–H and O–H groups in total. The topological polar surface area (TPSA) is 35.5 Å². The Bertz CT molecular complexity index is 169. The van der Waals surface area contributed by atoms with Gasteiger partial charge in [-0.1, -0.05) is 0 Å². The number of methoxy groups -OCH3 is 1. The van der Waals surface area contributed by atoms with Gasteiger partial charge in [0.05, 0.1) is 24.2 Å².